The minimum atomic E-state index is 0.428. The summed E-state index contributed by atoms with van der Waals surface area (Å²) < 4.78 is 0. The van der Waals surface area contributed by atoms with Gasteiger partial charge in [0.1, 0.15) is 0 Å². The number of rotatable bonds is 5. The van der Waals surface area contributed by atoms with E-state index in [1.54, 1.807) is 0 Å². The molecule has 0 heterocycles. The van der Waals surface area contributed by atoms with Gasteiger partial charge in [-0.2, -0.15) is 0 Å². The Morgan fingerprint density at radius 2 is 1.55 bits per heavy atom. The van der Waals surface area contributed by atoms with Gasteiger partial charge in [-0.3, -0.25) is 5.32 Å². The lowest BCUT2D eigenvalue weighted by atomic mass is 10.2. The van der Waals surface area contributed by atoms with Crippen LogP contribution in [-0.2, 0) is 0 Å². The van der Waals surface area contributed by atoms with Crippen LogP contribution in [0.15, 0.2) is 0 Å². The van der Waals surface area contributed by atoms with Crippen molar-refractivity contribution in [2.75, 3.05) is 6.54 Å². The Kier molecular flexibility index (Phi) is 5.51. The summed E-state index contributed by atoms with van der Waals surface area (Å²) >= 11 is 0. The normalized spacial score (nSPS) is 14.5. The van der Waals surface area contributed by atoms with Crippen molar-refractivity contribution < 1.29 is 0 Å². The van der Waals surface area contributed by atoms with Crippen LogP contribution < -0.4 is 10.6 Å². The summed E-state index contributed by atoms with van der Waals surface area (Å²) in [6.07, 6.45) is 0.428. The minimum absolute atomic E-state index is 0.428. The van der Waals surface area contributed by atoms with Crippen LogP contribution in [0.3, 0.4) is 0 Å². The number of hydrogen-bond donors (Lipinski definition) is 2. The molecule has 0 aliphatic carbocycles. The van der Waals surface area contributed by atoms with Crippen molar-refractivity contribution in [2.45, 2.75) is 46.8 Å². The first kappa shape index (κ1) is 10.9. The Morgan fingerprint density at radius 1 is 1.00 bits per heavy atom. The van der Waals surface area contributed by atoms with E-state index in [9.17, 15) is 0 Å². The van der Waals surface area contributed by atoms with Crippen LogP contribution in [0.4, 0.5) is 0 Å². The van der Waals surface area contributed by atoms with E-state index in [2.05, 4.69) is 45.3 Å². The lowest BCUT2D eigenvalue weighted by Crippen LogP contribution is -2.44. The lowest BCUT2D eigenvalue weighted by Gasteiger charge is -2.19. The molecule has 0 aromatic rings. The fourth-order valence-corrected chi connectivity index (χ4v) is 0.971. The molecule has 1 unspecified atom stereocenters. The maximum atomic E-state index is 3.40. The molecule has 1 atom stereocenters. The van der Waals surface area contributed by atoms with Crippen molar-refractivity contribution in [3.8, 4) is 0 Å². The average Bonchev–Trinajstić information content (AvgIpc) is 1.82. The maximum Gasteiger partial charge on any atom is 0.0544 e. The number of hydrogen-bond acceptors (Lipinski definition) is 2. The molecule has 0 aromatic heterocycles. The summed E-state index contributed by atoms with van der Waals surface area (Å²) in [7, 11) is 0. The van der Waals surface area contributed by atoms with E-state index in [4.69, 9.17) is 0 Å². The highest BCUT2D eigenvalue weighted by atomic mass is 15.1. The summed E-state index contributed by atoms with van der Waals surface area (Å²) in [4.78, 5) is 0. The predicted molar refractivity (Wildman–Crippen MR) is 50.6 cm³/mol. The monoisotopic (exact) mass is 158 g/mol. The lowest BCUT2D eigenvalue weighted by molar-refractivity contribution is 0.395. The molecular weight excluding hydrogens is 136 g/mol. The summed E-state index contributed by atoms with van der Waals surface area (Å²) in [5.41, 5.74) is 0. The standard InChI is InChI=1S/C9H22N2/c1-7(2)6-10-9(5)11-8(3)4/h7-11H,6H2,1-5H3. The van der Waals surface area contributed by atoms with Crippen molar-refractivity contribution in [3.05, 3.63) is 0 Å². The molecular formula is C9H22N2. The van der Waals surface area contributed by atoms with E-state index in [1.165, 1.54) is 0 Å². The topological polar surface area (TPSA) is 24.1 Å². The largest absolute Gasteiger partial charge is 0.302 e. The smallest absolute Gasteiger partial charge is 0.0544 e. The van der Waals surface area contributed by atoms with Crippen LogP contribution in [0.5, 0.6) is 0 Å². The van der Waals surface area contributed by atoms with Crippen LogP contribution >= 0.6 is 0 Å². The Hall–Kier alpha value is -0.0800. The second kappa shape index (κ2) is 5.56. The van der Waals surface area contributed by atoms with Gasteiger partial charge in [-0.1, -0.05) is 13.8 Å². The highest BCUT2D eigenvalue weighted by Gasteiger charge is 2.02. The quantitative estimate of drug-likeness (QED) is 0.594. The van der Waals surface area contributed by atoms with Gasteiger partial charge in [-0.15, -0.1) is 0 Å². The van der Waals surface area contributed by atoms with Crippen LogP contribution in [0.25, 0.3) is 0 Å². The molecule has 2 heteroatoms. The van der Waals surface area contributed by atoms with Gasteiger partial charge in [0.15, 0.2) is 0 Å². The molecule has 2 nitrogen and oxygen atoms in total. The molecule has 0 amide bonds. The molecule has 0 aromatic carbocycles. The van der Waals surface area contributed by atoms with E-state index in [1.807, 2.05) is 0 Å². The number of nitrogens with one attached hydrogen (secondary N) is 2. The van der Waals surface area contributed by atoms with Crippen molar-refractivity contribution in [3.63, 3.8) is 0 Å². The molecule has 68 valence electrons. The second-order valence-corrected chi connectivity index (χ2v) is 3.85. The third kappa shape index (κ3) is 7.82. The SMILES string of the molecule is CC(C)CNC(C)NC(C)C. The van der Waals surface area contributed by atoms with E-state index in [0.29, 0.717) is 12.2 Å². The Balaban J connectivity index is 3.29. The molecule has 2 N–H and O–H groups in total. The van der Waals surface area contributed by atoms with Gasteiger partial charge in [-0.05, 0) is 33.2 Å². The fraction of sp³-hybridized carbons (Fsp3) is 1.00. The molecule has 0 saturated heterocycles. The maximum absolute atomic E-state index is 3.40. The summed E-state index contributed by atoms with van der Waals surface area (Å²) in [5.74, 6) is 0.728. The third-order valence-electron chi connectivity index (χ3n) is 1.42. The summed E-state index contributed by atoms with van der Waals surface area (Å²) in [6, 6.07) is 0.560. The molecule has 0 fully saturated rings. The van der Waals surface area contributed by atoms with Crippen molar-refractivity contribution >= 4 is 0 Å². The molecule has 0 rings (SSSR count). The zero-order valence-corrected chi connectivity index (χ0v) is 8.44. The van der Waals surface area contributed by atoms with E-state index < -0.39 is 0 Å². The van der Waals surface area contributed by atoms with Gasteiger partial charge in [0, 0.05) is 6.04 Å². The van der Waals surface area contributed by atoms with Gasteiger partial charge in [0.25, 0.3) is 0 Å². The molecule has 0 bridgehead atoms. The highest BCUT2D eigenvalue weighted by molar-refractivity contribution is 4.62. The highest BCUT2D eigenvalue weighted by Crippen LogP contribution is 1.89. The zero-order chi connectivity index (χ0) is 8.85. The van der Waals surface area contributed by atoms with Gasteiger partial charge in [0.2, 0.25) is 0 Å². The average molecular weight is 158 g/mol. The molecule has 0 aliphatic heterocycles. The van der Waals surface area contributed by atoms with E-state index >= 15 is 0 Å². The summed E-state index contributed by atoms with van der Waals surface area (Å²) in [5, 5.41) is 6.79. The first-order valence-corrected chi connectivity index (χ1v) is 4.51. The van der Waals surface area contributed by atoms with E-state index in [0.717, 1.165) is 12.5 Å². The molecule has 0 spiro atoms. The van der Waals surface area contributed by atoms with Gasteiger partial charge >= 0.3 is 0 Å². The first-order chi connectivity index (χ1) is 5.02. The molecule has 0 radical (unpaired) electrons. The third-order valence-corrected chi connectivity index (χ3v) is 1.42. The molecule has 0 saturated carbocycles. The van der Waals surface area contributed by atoms with Crippen molar-refractivity contribution in [1.82, 2.24) is 10.6 Å². The Labute approximate surface area is 70.8 Å². The van der Waals surface area contributed by atoms with Crippen molar-refractivity contribution in [2.24, 2.45) is 5.92 Å². The molecule has 0 aliphatic rings. The fourth-order valence-electron chi connectivity index (χ4n) is 0.971. The van der Waals surface area contributed by atoms with Crippen LogP contribution in [0.1, 0.15) is 34.6 Å². The van der Waals surface area contributed by atoms with Crippen molar-refractivity contribution in [1.29, 1.82) is 0 Å². The zero-order valence-electron chi connectivity index (χ0n) is 8.44. The van der Waals surface area contributed by atoms with Crippen LogP contribution in [0, 0.1) is 5.92 Å². The van der Waals surface area contributed by atoms with Gasteiger partial charge in [-0.25, -0.2) is 0 Å². The minimum Gasteiger partial charge on any atom is -0.302 e. The van der Waals surface area contributed by atoms with E-state index in [-0.39, 0.29) is 0 Å². The Bertz CT molecular complexity index is 89.6. The first-order valence-electron chi connectivity index (χ1n) is 4.51. The van der Waals surface area contributed by atoms with Crippen LogP contribution in [0.2, 0.25) is 0 Å². The predicted octanol–water partition coefficient (Wildman–Crippen LogP) is 1.58. The molecule has 11 heavy (non-hydrogen) atoms. The van der Waals surface area contributed by atoms with Gasteiger partial charge < -0.3 is 5.32 Å². The van der Waals surface area contributed by atoms with Gasteiger partial charge in [0.05, 0.1) is 6.17 Å². The van der Waals surface area contributed by atoms with Crippen LogP contribution in [-0.4, -0.2) is 18.8 Å². The Morgan fingerprint density at radius 3 is 1.91 bits per heavy atom. The second-order valence-electron chi connectivity index (χ2n) is 3.85. The summed E-state index contributed by atoms with van der Waals surface area (Å²) in [6.45, 7) is 12.0.